The van der Waals surface area contributed by atoms with Gasteiger partial charge in [-0.3, -0.25) is 4.79 Å². The molecule has 0 N–H and O–H groups in total. The quantitative estimate of drug-likeness (QED) is 0.354. The fourth-order valence-corrected chi connectivity index (χ4v) is 3.59. The van der Waals surface area contributed by atoms with Gasteiger partial charge < -0.3 is 4.40 Å². The molecule has 0 amide bonds. The summed E-state index contributed by atoms with van der Waals surface area (Å²) in [6.45, 7) is 0. The van der Waals surface area contributed by atoms with E-state index in [1.165, 1.54) is 0 Å². The lowest BCUT2D eigenvalue weighted by Crippen LogP contribution is -1.91. The van der Waals surface area contributed by atoms with E-state index < -0.39 is 0 Å². The molecule has 0 bridgehead atoms. The summed E-state index contributed by atoms with van der Waals surface area (Å²) in [4.78, 5) is 16.0. The number of aromatic nitrogens is 2. The first-order valence-corrected chi connectivity index (χ1v) is 9.51. The van der Waals surface area contributed by atoms with E-state index in [4.69, 9.17) is 4.98 Å². The van der Waals surface area contributed by atoms with E-state index in [1.807, 2.05) is 60.7 Å². The van der Waals surface area contributed by atoms with Gasteiger partial charge in [0.05, 0.1) is 5.69 Å². The van der Waals surface area contributed by atoms with Crippen LogP contribution in [0.5, 0.6) is 0 Å². The Morgan fingerprint density at radius 2 is 1.31 bits per heavy atom. The van der Waals surface area contributed by atoms with Crippen LogP contribution in [0.25, 0.3) is 39.2 Å². The lowest BCUT2D eigenvalue weighted by atomic mass is 10.0. The van der Waals surface area contributed by atoms with Crippen molar-refractivity contribution in [2.75, 3.05) is 0 Å². The Kier molecular flexibility index (Phi) is 4.26. The van der Waals surface area contributed by atoms with Gasteiger partial charge in [0.1, 0.15) is 11.9 Å². The third-order valence-electron chi connectivity index (χ3n) is 5.09. The van der Waals surface area contributed by atoms with Crippen molar-refractivity contribution in [2.24, 2.45) is 0 Å². The van der Waals surface area contributed by atoms with E-state index >= 15 is 0 Å². The Bertz CT molecular complexity index is 1290. The van der Waals surface area contributed by atoms with Crippen molar-refractivity contribution in [3.8, 4) is 33.5 Å². The average Bonchev–Trinajstić information content (AvgIpc) is 3.24. The van der Waals surface area contributed by atoms with Gasteiger partial charge in [0.2, 0.25) is 0 Å². The Morgan fingerprint density at radius 1 is 0.655 bits per heavy atom. The Morgan fingerprint density at radius 3 is 1.97 bits per heavy atom. The van der Waals surface area contributed by atoms with Crippen LogP contribution in [0.15, 0.2) is 103 Å². The Balaban J connectivity index is 1.75. The van der Waals surface area contributed by atoms with Gasteiger partial charge in [-0.1, -0.05) is 84.9 Å². The van der Waals surface area contributed by atoms with Crippen LogP contribution in [-0.4, -0.2) is 15.7 Å². The molecule has 0 aliphatic heterocycles. The largest absolute Gasteiger partial charge is 0.305 e. The Labute approximate surface area is 168 Å². The van der Waals surface area contributed by atoms with Crippen LogP contribution < -0.4 is 0 Å². The predicted octanol–water partition coefficient (Wildman–Crippen LogP) is 6.15. The number of pyridine rings is 1. The van der Waals surface area contributed by atoms with E-state index in [0.717, 1.165) is 45.4 Å². The summed E-state index contributed by atoms with van der Waals surface area (Å²) in [6, 6.07) is 30.3. The molecule has 3 aromatic carbocycles. The van der Waals surface area contributed by atoms with Crippen molar-refractivity contribution < 1.29 is 4.79 Å². The standard InChI is InChI=1S/C26H18N2O/c29-18-19-11-13-21(14-12-19)24-15-23(20-7-3-1-4-8-20)16-28-17-25(27-26(24)28)22-9-5-2-6-10-22/h1-18H. The van der Waals surface area contributed by atoms with E-state index in [0.29, 0.717) is 5.56 Å². The number of nitrogens with zero attached hydrogens (tertiary/aromatic N) is 2. The molecule has 2 aromatic heterocycles. The molecule has 0 radical (unpaired) electrons. The number of hydrogen-bond donors (Lipinski definition) is 0. The molecule has 3 nitrogen and oxygen atoms in total. The van der Waals surface area contributed by atoms with Crippen molar-refractivity contribution >= 4 is 11.9 Å². The molecular weight excluding hydrogens is 356 g/mol. The molecule has 0 saturated carbocycles. The second-order valence-corrected chi connectivity index (χ2v) is 6.97. The molecule has 2 heterocycles. The number of fused-ring (bicyclic) bond motifs is 1. The van der Waals surface area contributed by atoms with Gasteiger partial charge in [-0.25, -0.2) is 4.98 Å². The molecule has 29 heavy (non-hydrogen) atoms. The fraction of sp³-hybridized carbons (Fsp3) is 0. The summed E-state index contributed by atoms with van der Waals surface area (Å²) in [5, 5.41) is 0. The maximum absolute atomic E-state index is 11.0. The smallest absolute Gasteiger partial charge is 0.150 e. The van der Waals surface area contributed by atoms with Crippen LogP contribution in [0.3, 0.4) is 0 Å². The van der Waals surface area contributed by atoms with Gasteiger partial charge in [0.25, 0.3) is 0 Å². The van der Waals surface area contributed by atoms with Crippen molar-refractivity contribution in [1.82, 2.24) is 9.38 Å². The summed E-state index contributed by atoms with van der Waals surface area (Å²) in [5.74, 6) is 0. The van der Waals surface area contributed by atoms with Gasteiger partial charge >= 0.3 is 0 Å². The molecule has 0 saturated heterocycles. The van der Waals surface area contributed by atoms with Gasteiger partial charge in [-0.15, -0.1) is 0 Å². The SMILES string of the molecule is O=Cc1ccc(-c2cc(-c3ccccc3)cn3cc(-c4ccccc4)nc23)cc1. The molecule has 0 spiro atoms. The van der Waals surface area contributed by atoms with Gasteiger partial charge in [0, 0.05) is 29.1 Å². The van der Waals surface area contributed by atoms with Crippen LogP contribution in [0.2, 0.25) is 0 Å². The molecule has 0 aliphatic rings. The minimum absolute atomic E-state index is 0.664. The average molecular weight is 374 g/mol. The zero-order chi connectivity index (χ0) is 19.6. The van der Waals surface area contributed by atoms with E-state index in [-0.39, 0.29) is 0 Å². The minimum Gasteiger partial charge on any atom is -0.305 e. The van der Waals surface area contributed by atoms with Crippen LogP contribution in [0.4, 0.5) is 0 Å². The lowest BCUT2D eigenvalue weighted by molar-refractivity contribution is 0.112. The molecule has 0 aliphatic carbocycles. The topological polar surface area (TPSA) is 34.4 Å². The van der Waals surface area contributed by atoms with Gasteiger partial charge in [0.15, 0.2) is 0 Å². The summed E-state index contributed by atoms with van der Waals surface area (Å²) in [5.41, 5.74) is 7.90. The summed E-state index contributed by atoms with van der Waals surface area (Å²) >= 11 is 0. The first kappa shape index (κ1) is 17.1. The highest BCUT2D eigenvalue weighted by atomic mass is 16.1. The number of carbonyl (C=O) groups is 1. The minimum atomic E-state index is 0.664. The number of aldehydes is 1. The third-order valence-corrected chi connectivity index (χ3v) is 5.09. The van der Waals surface area contributed by atoms with Crippen LogP contribution in [0, 0.1) is 0 Å². The molecule has 0 unspecified atom stereocenters. The zero-order valence-corrected chi connectivity index (χ0v) is 15.7. The molecule has 0 atom stereocenters. The van der Waals surface area contributed by atoms with E-state index in [1.54, 1.807) is 0 Å². The van der Waals surface area contributed by atoms with Gasteiger partial charge in [-0.2, -0.15) is 0 Å². The number of carbonyl (C=O) groups excluding carboxylic acids is 1. The number of hydrogen-bond acceptors (Lipinski definition) is 2. The van der Waals surface area contributed by atoms with Crippen molar-refractivity contribution in [1.29, 1.82) is 0 Å². The molecule has 5 rings (SSSR count). The highest BCUT2D eigenvalue weighted by Crippen LogP contribution is 2.32. The normalized spacial score (nSPS) is 10.9. The van der Waals surface area contributed by atoms with Crippen molar-refractivity contribution in [2.45, 2.75) is 0 Å². The Hall–Kier alpha value is -3.98. The second kappa shape index (κ2) is 7.21. The van der Waals surface area contributed by atoms with E-state index in [9.17, 15) is 4.79 Å². The first-order chi connectivity index (χ1) is 14.3. The second-order valence-electron chi connectivity index (χ2n) is 6.97. The maximum atomic E-state index is 11.0. The molecule has 138 valence electrons. The number of rotatable bonds is 4. The molecular formula is C26H18N2O. The summed E-state index contributed by atoms with van der Waals surface area (Å²) in [6.07, 6.45) is 5.05. The molecule has 0 fully saturated rings. The zero-order valence-electron chi connectivity index (χ0n) is 15.7. The summed E-state index contributed by atoms with van der Waals surface area (Å²) < 4.78 is 2.09. The summed E-state index contributed by atoms with van der Waals surface area (Å²) in [7, 11) is 0. The van der Waals surface area contributed by atoms with Crippen LogP contribution in [0.1, 0.15) is 10.4 Å². The van der Waals surface area contributed by atoms with E-state index in [2.05, 4.69) is 47.1 Å². The maximum Gasteiger partial charge on any atom is 0.150 e. The molecule has 3 heteroatoms. The van der Waals surface area contributed by atoms with Crippen molar-refractivity contribution in [3.05, 3.63) is 109 Å². The number of imidazole rings is 1. The number of benzene rings is 3. The van der Waals surface area contributed by atoms with Crippen molar-refractivity contribution in [3.63, 3.8) is 0 Å². The fourth-order valence-electron chi connectivity index (χ4n) is 3.59. The lowest BCUT2D eigenvalue weighted by Gasteiger charge is -2.09. The monoisotopic (exact) mass is 374 g/mol. The first-order valence-electron chi connectivity index (χ1n) is 9.51. The third kappa shape index (κ3) is 3.23. The highest BCUT2D eigenvalue weighted by Gasteiger charge is 2.13. The molecule has 5 aromatic rings. The van der Waals surface area contributed by atoms with Gasteiger partial charge in [-0.05, 0) is 22.8 Å². The highest BCUT2D eigenvalue weighted by molar-refractivity contribution is 5.85. The van der Waals surface area contributed by atoms with Crippen LogP contribution >= 0.6 is 0 Å². The predicted molar refractivity (Wildman–Crippen MR) is 117 cm³/mol. The van der Waals surface area contributed by atoms with Crippen LogP contribution in [-0.2, 0) is 0 Å².